The van der Waals surface area contributed by atoms with Crippen molar-refractivity contribution < 1.29 is 14.2 Å². The van der Waals surface area contributed by atoms with Gasteiger partial charge in [0.2, 0.25) is 0 Å². The van der Waals surface area contributed by atoms with Crippen molar-refractivity contribution in [3.05, 3.63) is 93.8 Å². The first-order valence-corrected chi connectivity index (χ1v) is 13.1. The summed E-state index contributed by atoms with van der Waals surface area (Å²) in [6.07, 6.45) is 5.45. The predicted molar refractivity (Wildman–Crippen MR) is 147 cm³/mol. The summed E-state index contributed by atoms with van der Waals surface area (Å²) in [7, 11) is 1.64. The molecule has 5 rings (SSSR count). The van der Waals surface area contributed by atoms with Crippen LogP contribution in [0.3, 0.4) is 0 Å². The first-order chi connectivity index (χ1) is 18.6. The van der Waals surface area contributed by atoms with Crippen molar-refractivity contribution in [2.24, 2.45) is 5.92 Å². The molecule has 1 aliphatic rings. The third-order valence-corrected chi connectivity index (χ3v) is 6.98. The van der Waals surface area contributed by atoms with Gasteiger partial charge in [-0.2, -0.15) is 0 Å². The lowest BCUT2D eigenvalue weighted by Crippen LogP contribution is -2.27. The van der Waals surface area contributed by atoms with Crippen molar-refractivity contribution >= 4 is 10.9 Å². The topological polar surface area (TPSA) is 87.5 Å². The maximum atomic E-state index is 13.5. The second kappa shape index (κ2) is 12.2. The van der Waals surface area contributed by atoms with Gasteiger partial charge in [-0.1, -0.05) is 24.3 Å². The van der Waals surface area contributed by atoms with Gasteiger partial charge in [0.05, 0.1) is 30.8 Å². The van der Waals surface area contributed by atoms with E-state index in [0.29, 0.717) is 29.2 Å². The van der Waals surface area contributed by atoms with Crippen LogP contribution in [0.1, 0.15) is 35.4 Å². The van der Waals surface area contributed by atoms with E-state index in [1.54, 1.807) is 30.1 Å². The molecule has 0 amide bonds. The average Bonchev–Trinajstić information content (AvgIpc) is 2.95. The van der Waals surface area contributed by atoms with Crippen LogP contribution in [-0.4, -0.2) is 41.4 Å². The normalized spacial score (nSPS) is 14.1. The molecule has 1 aliphatic heterocycles. The lowest BCUT2D eigenvalue weighted by molar-refractivity contribution is 0.0662. The Bertz CT molecular complexity index is 1450. The molecular formula is C30H34N4O4. The molecule has 0 radical (unpaired) electrons. The van der Waals surface area contributed by atoms with Gasteiger partial charge in [0, 0.05) is 31.5 Å². The number of nitrogens with one attached hydrogen (secondary N) is 1. The number of aryl methyl sites for hydroxylation is 1. The number of ether oxygens (including phenoxy) is 3. The highest BCUT2D eigenvalue weighted by Crippen LogP contribution is 2.22. The highest BCUT2D eigenvalue weighted by Gasteiger charge is 2.15. The van der Waals surface area contributed by atoms with Gasteiger partial charge >= 0.3 is 0 Å². The second-order valence-electron chi connectivity index (χ2n) is 9.75. The summed E-state index contributed by atoms with van der Waals surface area (Å²) in [6.45, 7) is 5.95. The van der Waals surface area contributed by atoms with Crippen LogP contribution in [-0.2, 0) is 24.4 Å². The molecule has 0 atom stereocenters. The van der Waals surface area contributed by atoms with Gasteiger partial charge in [0.25, 0.3) is 5.56 Å². The fraction of sp³-hybridized carbons (Fsp3) is 0.367. The van der Waals surface area contributed by atoms with Crippen molar-refractivity contribution in [2.75, 3.05) is 26.9 Å². The quantitative estimate of drug-likeness (QED) is 0.339. The minimum Gasteiger partial charge on any atom is -0.496 e. The average molecular weight is 515 g/mol. The molecule has 1 N–H and O–H groups in total. The summed E-state index contributed by atoms with van der Waals surface area (Å²) in [4.78, 5) is 22.4. The lowest BCUT2D eigenvalue weighted by atomic mass is 10.0. The number of aromatic nitrogens is 3. The van der Waals surface area contributed by atoms with Gasteiger partial charge in [-0.05, 0) is 67.6 Å². The summed E-state index contributed by atoms with van der Waals surface area (Å²) in [6, 6.07) is 15.7. The highest BCUT2D eigenvalue weighted by molar-refractivity contribution is 5.76. The standard InChI is InChI=1S/C30H34N4O4/c1-21-6-7-24(28(14-21)36-2)19-34-29(33-27-18-31-11-8-26(27)30(34)35)20-38-25-5-3-4-23(15-25)17-32-16-22-9-12-37-13-10-22/h3-8,11,14-15,18,22,32H,9-10,12-13,16-17,19-20H2,1-2H3. The molecular weight excluding hydrogens is 480 g/mol. The fourth-order valence-corrected chi connectivity index (χ4v) is 4.81. The molecule has 8 nitrogen and oxygen atoms in total. The smallest absolute Gasteiger partial charge is 0.261 e. The van der Waals surface area contributed by atoms with E-state index in [0.717, 1.165) is 67.3 Å². The Morgan fingerprint density at radius 1 is 1.13 bits per heavy atom. The number of methoxy groups -OCH3 is 1. The van der Waals surface area contributed by atoms with Crippen LogP contribution < -0.4 is 20.3 Å². The van der Waals surface area contributed by atoms with Crippen molar-refractivity contribution in [2.45, 2.75) is 39.5 Å². The van der Waals surface area contributed by atoms with Crippen LogP contribution in [0.4, 0.5) is 0 Å². The summed E-state index contributed by atoms with van der Waals surface area (Å²) in [5, 5.41) is 4.08. The molecule has 0 unspecified atom stereocenters. The molecule has 4 aromatic rings. The Morgan fingerprint density at radius 2 is 2.00 bits per heavy atom. The van der Waals surface area contributed by atoms with Crippen LogP contribution in [0.5, 0.6) is 11.5 Å². The van der Waals surface area contributed by atoms with Gasteiger partial charge in [-0.3, -0.25) is 14.3 Å². The van der Waals surface area contributed by atoms with Crippen molar-refractivity contribution in [3.8, 4) is 11.5 Å². The molecule has 38 heavy (non-hydrogen) atoms. The summed E-state index contributed by atoms with van der Waals surface area (Å²) >= 11 is 0. The van der Waals surface area contributed by atoms with E-state index in [9.17, 15) is 4.79 Å². The number of rotatable bonds is 10. The van der Waals surface area contributed by atoms with E-state index in [2.05, 4.69) is 16.4 Å². The minimum absolute atomic E-state index is 0.135. The van der Waals surface area contributed by atoms with Crippen LogP contribution >= 0.6 is 0 Å². The number of fused-ring (bicyclic) bond motifs is 1. The zero-order valence-electron chi connectivity index (χ0n) is 22.0. The van der Waals surface area contributed by atoms with E-state index >= 15 is 0 Å². The Labute approximate surface area is 222 Å². The van der Waals surface area contributed by atoms with Crippen molar-refractivity contribution in [1.82, 2.24) is 19.9 Å². The molecule has 0 aliphatic carbocycles. The first-order valence-electron chi connectivity index (χ1n) is 13.1. The zero-order chi connectivity index (χ0) is 26.3. The molecule has 198 valence electrons. The van der Waals surface area contributed by atoms with E-state index in [1.165, 1.54) is 0 Å². The van der Waals surface area contributed by atoms with Gasteiger partial charge in [0.15, 0.2) is 5.82 Å². The van der Waals surface area contributed by atoms with E-state index in [-0.39, 0.29) is 12.2 Å². The predicted octanol–water partition coefficient (Wildman–Crippen LogP) is 4.25. The van der Waals surface area contributed by atoms with Crippen molar-refractivity contribution in [1.29, 1.82) is 0 Å². The molecule has 1 saturated heterocycles. The summed E-state index contributed by atoms with van der Waals surface area (Å²) in [5.74, 6) is 2.66. The SMILES string of the molecule is COc1cc(C)ccc1Cn1c(COc2cccc(CNCC3CCOCC3)c2)nc2cnccc2c1=O. The van der Waals surface area contributed by atoms with Gasteiger partial charge < -0.3 is 19.5 Å². The van der Waals surface area contributed by atoms with Crippen LogP contribution in [0.25, 0.3) is 10.9 Å². The van der Waals surface area contributed by atoms with E-state index in [4.69, 9.17) is 19.2 Å². The Morgan fingerprint density at radius 3 is 2.84 bits per heavy atom. The summed E-state index contributed by atoms with van der Waals surface area (Å²) in [5.41, 5.74) is 3.55. The Kier molecular flexibility index (Phi) is 8.31. The van der Waals surface area contributed by atoms with Crippen LogP contribution in [0.2, 0.25) is 0 Å². The van der Waals surface area contributed by atoms with Gasteiger partial charge in [0.1, 0.15) is 18.1 Å². The van der Waals surface area contributed by atoms with Crippen molar-refractivity contribution in [3.63, 3.8) is 0 Å². The zero-order valence-corrected chi connectivity index (χ0v) is 22.0. The number of hydrogen-bond acceptors (Lipinski definition) is 7. The molecule has 2 aromatic heterocycles. The monoisotopic (exact) mass is 514 g/mol. The molecule has 0 bridgehead atoms. The number of benzene rings is 2. The lowest BCUT2D eigenvalue weighted by Gasteiger charge is -2.22. The molecule has 0 saturated carbocycles. The maximum Gasteiger partial charge on any atom is 0.261 e. The minimum atomic E-state index is -0.135. The third kappa shape index (κ3) is 6.20. The number of pyridine rings is 1. The van der Waals surface area contributed by atoms with Gasteiger partial charge in [-0.15, -0.1) is 0 Å². The van der Waals surface area contributed by atoms with Crippen LogP contribution in [0, 0.1) is 12.8 Å². The number of nitrogens with zero attached hydrogens (tertiary/aromatic N) is 3. The van der Waals surface area contributed by atoms with Gasteiger partial charge in [-0.25, -0.2) is 4.98 Å². The van der Waals surface area contributed by atoms with E-state index < -0.39 is 0 Å². The van der Waals surface area contributed by atoms with E-state index in [1.807, 2.05) is 43.3 Å². The Balaban J connectivity index is 1.34. The summed E-state index contributed by atoms with van der Waals surface area (Å²) < 4.78 is 18.9. The largest absolute Gasteiger partial charge is 0.496 e. The third-order valence-electron chi connectivity index (χ3n) is 6.98. The maximum absolute atomic E-state index is 13.5. The molecule has 8 heteroatoms. The molecule has 3 heterocycles. The molecule has 2 aromatic carbocycles. The fourth-order valence-electron chi connectivity index (χ4n) is 4.81. The Hall–Kier alpha value is -3.75. The second-order valence-corrected chi connectivity index (χ2v) is 9.75. The molecule has 1 fully saturated rings. The highest BCUT2D eigenvalue weighted by atomic mass is 16.5. The first kappa shape index (κ1) is 25.9. The molecule has 0 spiro atoms. The van der Waals surface area contributed by atoms with Crippen LogP contribution in [0.15, 0.2) is 65.7 Å². The number of hydrogen-bond donors (Lipinski definition) is 1.